The molecule has 2 amide bonds. The number of aryl methyl sites for hydroxylation is 2. The summed E-state index contributed by atoms with van der Waals surface area (Å²) >= 11 is 0. The zero-order valence-electron chi connectivity index (χ0n) is 18.6. The molecule has 5 rings (SSSR count). The maximum atomic E-state index is 13.4. The van der Waals surface area contributed by atoms with Crippen LogP contribution in [0.15, 0.2) is 30.4 Å². The lowest BCUT2D eigenvalue weighted by Gasteiger charge is -2.24. The monoisotopic (exact) mass is 438 g/mol. The van der Waals surface area contributed by atoms with E-state index in [2.05, 4.69) is 11.4 Å². The van der Waals surface area contributed by atoms with E-state index in [1.54, 1.807) is 4.90 Å². The molecule has 2 bridgehead atoms. The van der Waals surface area contributed by atoms with E-state index in [0.717, 1.165) is 42.5 Å². The van der Waals surface area contributed by atoms with Crippen molar-refractivity contribution >= 4 is 23.5 Å². The number of hydrogen-bond acceptors (Lipinski definition) is 5. The highest BCUT2D eigenvalue weighted by Crippen LogP contribution is 2.53. The number of nitrogens with zero attached hydrogens (tertiary/aromatic N) is 1. The van der Waals surface area contributed by atoms with Crippen LogP contribution in [0.4, 0.5) is 5.69 Å². The Kier molecular flexibility index (Phi) is 5.32. The van der Waals surface area contributed by atoms with Crippen LogP contribution in [0.1, 0.15) is 43.2 Å². The highest BCUT2D eigenvalue weighted by atomic mass is 16.6. The van der Waals surface area contributed by atoms with Crippen LogP contribution >= 0.6 is 0 Å². The number of hydrogen-bond donors (Lipinski definition) is 1. The van der Waals surface area contributed by atoms with Crippen LogP contribution in [0.3, 0.4) is 0 Å². The van der Waals surface area contributed by atoms with Gasteiger partial charge in [-0.2, -0.15) is 0 Å². The lowest BCUT2D eigenvalue weighted by Crippen LogP contribution is -2.42. The van der Waals surface area contributed by atoms with Crippen molar-refractivity contribution in [1.82, 2.24) is 5.32 Å². The first-order chi connectivity index (χ1) is 15.4. The third-order valence-corrected chi connectivity index (χ3v) is 7.21. The summed E-state index contributed by atoms with van der Waals surface area (Å²) in [6.07, 6.45) is 8.65. The highest BCUT2D eigenvalue weighted by molar-refractivity contribution is 6.02. The molecule has 7 nitrogen and oxygen atoms in total. The Morgan fingerprint density at radius 3 is 2.59 bits per heavy atom. The summed E-state index contributed by atoms with van der Waals surface area (Å²) in [6, 6.07) is 6.17. The fourth-order valence-corrected chi connectivity index (χ4v) is 5.84. The molecule has 3 fully saturated rings. The van der Waals surface area contributed by atoms with Gasteiger partial charge in [0.05, 0.1) is 18.6 Å². The highest BCUT2D eigenvalue weighted by Gasteiger charge is 2.67. The third kappa shape index (κ3) is 3.62. The molecule has 4 atom stereocenters. The standard InChI is InChI=1S/C25H30N2O5/c1-15-10-16(2)12-18(11-15)27-14-25-9-8-19(32-25)21(22(25)23(27)29)24(30)31-13-20(28)26-17-6-4-3-5-7-17/h8-12,17,19,21-22H,3-7,13-14H2,1-2H3,(H,26,28)/t19-,21-,22+,25+/m0/s1. The molecule has 1 aromatic rings. The van der Waals surface area contributed by atoms with Gasteiger partial charge in [0, 0.05) is 11.7 Å². The molecule has 4 aliphatic rings. The Labute approximate surface area is 188 Å². The summed E-state index contributed by atoms with van der Waals surface area (Å²) in [5, 5.41) is 2.96. The molecule has 170 valence electrons. The molecule has 1 aliphatic carbocycles. The van der Waals surface area contributed by atoms with Gasteiger partial charge >= 0.3 is 5.97 Å². The molecule has 0 radical (unpaired) electrons. The van der Waals surface area contributed by atoms with E-state index in [4.69, 9.17) is 9.47 Å². The average Bonchev–Trinajstić information content (AvgIpc) is 3.40. The van der Waals surface area contributed by atoms with Gasteiger partial charge in [0.1, 0.15) is 11.5 Å². The van der Waals surface area contributed by atoms with Gasteiger partial charge in [-0.1, -0.05) is 37.5 Å². The van der Waals surface area contributed by atoms with Crippen LogP contribution in [0, 0.1) is 25.7 Å². The first-order valence-corrected chi connectivity index (χ1v) is 11.6. The molecule has 1 saturated carbocycles. The molecule has 32 heavy (non-hydrogen) atoms. The zero-order chi connectivity index (χ0) is 22.5. The lowest BCUT2D eigenvalue weighted by atomic mass is 9.77. The van der Waals surface area contributed by atoms with Crippen LogP contribution in [0.25, 0.3) is 0 Å². The van der Waals surface area contributed by atoms with Crippen molar-refractivity contribution in [2.45, 2.75) is 63.7 Å². The van der Waals surface area contributed by atoms with Crippen molar-refractivity contribution in [3.63, 3.8) is 0 Å². The number of esters is 1. The second-order valence-corrected chi connectivity index (χ2v) is 9.68. The Balaban J connectivity index is 1.27. The van der Waals surface area contributed by atoms with E-state index in [0.29, 0.717) is 6.54 Å². The van der Waals surface area contributed by atoms with Crippen molar-refractivity contribution in [3.8, 4) is 0 Å². The van der Waals surface area contributed by atoms with Crippen molar-refractivity contribution < 1.29 is 23.9 Å². The van der Waals surface area contributed by atoms with Gasteiger partial charge in [-0.15, -0.1) is 0 Å². The van der Waals surface area contributed by atoms with Gasteiger partial charge in [-0.3, -0.25) is 14.4 Å². The van der Waals surface area contributed by atoms with Crippen molar-refractivity contribution in [3.05, 3.63) is 41.5 Å². The van der Waals surface area contributed by atoms with Crippen molar-refractivity contribution in [2.24, 2.45) is 11.8 Å². The van der Waals surface area contributed by atoms with Crippen molar-refractivity contribution in [2.75, 3.05) is 18.1 Å². The average molecular weight is 439 g/mol. The fraction of sp³-hybridized carbons (Fsp3) is 0.560. The van der Waals surface area contributed by atoms with Crippen molar-refractivity contribution in [1.29, 1.82) is 0 Å². The molecule has 7 heteroatoms. The summed E-state index contributed by atoms with van der Waals surface area (Å²) in [4.78, 5) is 40.4. The summed E-state index contributed by atoms with van der Waals surface area (Å²) in [5.41, 5.74) is 2.15. The van der Waals surface area contributed by atoms with E-state index < -0.39 is 29.5 Å². The predicted molar refractivity (Wildman–Crippen MR) is 118 cm³/mol. The van der Waals surface area contributed by atoms with E-state index in [9.17, 15) is 14.4 Å². The predicted octanol–water partition coefficient (Wildman–Crippen LogP) is 2.58. The maximum absolute atomic E-state index is 13.4. The Hall–Kier alpha value is -2.67. The number of carbonyl (C=O) groups is 3. The number of amides is 2. The first-order valence-electron chi connectivity index (χ1n) is 11.6. The molecule has 1 spiro atoms. The Morgan fingerprint density at radius 2 is 1.88 bits per heavy atom. The number of nitrogens with one attached hydrogen (secondary N) is 1. The van der Waals surface area contributed by atoms with Crippen LogP contribution in [-0.4, -0.2) is 48.7 Å². The molecular weight excluding hydrogens is 408 g/mol. The minimum Gasteiger partial charge on any atom is -0.455 e. The Morgan fingerprint density at radius 1 is 1.16 bits per heavy atom. The number of carbonyl (C=O) groups excluding carboxylic acids is 3. The molecule has 1 N–H and O–H groups in total. The Bertz CT molecular complexity index is 962. The van der Waals surface area contributed by atoms with Crippen LogP contribution < -0.4 is 10.2 Å². The number of rotatable bonds is 5. The molecule has 0 aromatic heterocycles. The molecule has 3 aliphatic heterocycles. The molecular formula is C25H30N2O5. The second-order valence-electron chi connectivity index (χ2n) is 9.68. The van der Waals surface area contributed by atoms with E-state index >= 15 is 0 Å². The number of ether oxygens (including phenoxy) is 2. The summed E-state index contributed by atoms with van der Waals surface area (Å²) < 4.78 is 11.5. The minimum atomic E-state index is -0.812. The fourth-order valence-electron chi connectivity index (χ4n) is 5.84. The van der Waals surface area contributed by atoms with E-state index in [-0.39, 0.29) is 24.5 Å². The summed E-state index contributed by atoms with van der Waals surface area (Å²) in [7, 11) is 0. The molecule has 0 unspecified atom stereocenters. The maximum Gasteiger partial charge on any atom is 0.313 e. The topological polar surface area (TPSA) is 84.9 Å². The molecule has 2 saturated heterocycles. The van der Waals surface area contributed by atoms with Gasteiger partial charge in [0.25, 0.3) is 5.91 Å². The molecule has 1 aromatic carbocycles. The SMILES string of the molecule is Cc1cc(C)cc(N2C[C@@]34C=C[C@H](O3)[C@H](C(=O)OCC(=O)NC3CCCCC3)[C@@H]4C2=O)c1. The van der Waals surface area contributed by atoms with Gasteiger partial charge in [-0.25, -0.2) is 0 Å². The summed E-state index contributed by atoms with van der Waals surface area (Å²) in [5.74, 6) is -2.32. The number of benzene rings is 1. The minimum absolute atomic E-state index is 0.129. The smallest absolute Gasteiger partial charge is 0.313 e. The summed E-state index contributed by atoms with van der Waals surface area (Å²) in [6.45, 7) is 4.04. The molecule has 3 heterocycles. The van der Waals surface area contributed by atoms with Gasteiger partial charge in [-0.05, 0) is 49.9 Å². The van der Waals surface area contributed by atoms with Gasteiger partial charge in [0.2, 0.25) is 5.91 Å². The van der Waals surface area contributed by atoms with Crippen LogP contribution in [0.2, 0.25) is 0 Å². The second kappa shape index (κ2) is 8.03. The third-order valence-electron chi connectivity index (χ3n) is 7.21. The lowest BCUT2D eigenvalue weighted by molar-refractivity contribution is -0.155. The number of anilines is 1. The van der Waals surface area contributed by atoms with Gasteiger partial charge < -0.3 is 19.7 Å². The van der Waals surface area contributed by atoms with Crippen LogP contribution in [0.5, 0.6) is 0 Å². The van der Waals surface area contributed by atoms with E-state index in [1.807, 2.05) is 38.1 Å². The van der Waals surface area contributed by atoms with Gasteiger partial charge in [0.15, 0.2) is 6.61 Å². The quantitative estimate of drug-likeness (QED) is 0.564. The normalized spacial score (nSPS) is 31.1. The zero-order valence-corrected chi connectivity index (χ0v) is 18.6. The van der Waals surface area contributed by atoms with E-state index in [1.165, 1.54) is 6.42 Å². The number of fused-ring (bicyclic) bond motifs is 1. The largest absolute Gasteiger partial charge is 0.455 e. The van der Waals surface area contributed by atoms with Crippen LogP contribution in [-0.2, 0) is 23.9 Å². The first kappa shape index (κ1) is 21.2.